The third kappa shape index (κ3) is 2.33. The number of carbonyl (C=O) groups excluding carboxylic acids is 1. The second kappa shape index (κ2) is 3.95. The zero-order chi connectivity index (χ0) is 10.0. The molecule has 0 aromatic heterocycles. The topological polar surface area (TPSA) is 57.5 Å². The van der Waals surface area contributed by atoms with Crippen molar-refractivity contribution in [1.82, 2.24) is 0 Å². The lowest BCUT2D eigenvalue weighted by Crippen LogP contribution is -2.19. The minimum absolute atomic E-state index is 0.0383. The van der Waals surface area contributed by atoms with E-state index in [0.717, 1.165) is 12.1 Å². The number of ketones is 1. The van der Waals surface area contributed by atoms with Crippen molar-refractivity contribution in [3.63, 3.8) is 0 Å². The summed E-state index contributed by atoms with van der Waals surface area (Å²) in [5.41, 5.74) is 0.0383. The Morgan fingerprint density at radius 3 is 2.54 bits per heavy atom. The fourth-order valence-electron chi connectivity index (χ4n) is 0.828. The molecule has 0 aliphatic rings. The summed E-state index contributed by atoms with van der Waals surface area (Å²) in [5.74, 6) is -1.37. The quantitative estimate of drug-likeness (QED) is 0.609. The van der Waals surface area contributed by atoms with Crippen LogP contribution >= 0.6 is 15.9 Å². The van der Waals surface area contributed by atoms with Gasteiger partial charge in [0.1, 0.15) is 5.82 Å². The summed E-state index contributed by atoms with van der Waals surface area (Å²) in [4.78, 5) is 11.0. The summed E-state index contributed by atoms with van der Waals surface area (Å²) in [6.45, 7) is 0. The first kappa shape index (κ1) is 10.3. The number of Topliss-reactive ketones (excluding diaryl/α,β-unsaturated/α-hetero) is 1. The van der Waals surface area contributed by atoms with Gasteiger partial charge in [-0.2, -0.15) is 0 Å². The Kier molecular flexibility index (Phi) is 3.13. The van der Waals surface area contributed by atoms with E-state index in [-0.39, 0.29) is 10.0 Å². The molecule has 0 saturated heterocycles. The van der Waals surface area contributed by atoms with E-state index in [1.807, 2.05) is 0 Å². The highest BCUT2D eigenvalue weighted by Crippen LogP contribution is 2.19. The largest absolute Gasteiger partial charge is 0.362 e. The number of aliphatic hydroxyl groups is 2. The standard InChI is InChI=1S/C8H6BrFO3/c9-6-3-4(10)1-2-5(6)7(11)8(12)13/h1-3,8,12-13H. The van der Waals surface area contributed by atoms with Gasteiger partial charge in [-0.3, -0.25) is 4.79 Å². The summed E-state index contributed by atoms with van der Waals surface area (Å²) >= 11 is 2.93. The van der Waals surface area contributed by atoms with Crippen LogP contribution in [0.15, 0.2) is 22.7 Å². The van der Waals surface area contributed by atoms with E-state index in [1.54, 1.807) is 0 Å². The van der Waals surface area contributed by atoms with Gasteiger partial charge in [-0.15, -0.1) is 0 Å². The van der Waals surface area contributed by atoms with Crippen molar-refractivity contribution in [2.75, 3.05) is 0 Å². The van der Waals surface area contributed by atoms with Crippen LogP contribution in [0.1, 0.15) is 10.4 Å². The van der Waals surface area contributed by atoms with Crippen LogP contribution in [0, 0.1) is 5.82 Å². The van der Waals surface area contributed by atoms with Gasteiger partial charge in [0.2, 0.25) is 12.1 Å². The van der Waals surface area contributed by atoms with Crippen LogP contribution < -0.4 is 0 Å². The second-order valence-electron chi connectivity index (χ2n) is 2.36. The third-order valence-corrected chi connectivity index (χ3v) is 2.09. The summed E-state index contributed by atoms with van der Waals surface area (Å²) in [6, 6.07) is 3.33. The van der Waals surface area contributed by atoms with Crippen molar-refractivity contribution in [1.29, 1.82) is 0 Å². The molecule has 0 bridgehead atoms. The van der Waals surface area contributed by atoms with E-state index in [0.29, 0.717) is 0 Å². The summed E-state index contributed by atoms with van der Waals surface area (Å²) < 4.78 is 12.7. The van der Waals surface area contributed by atoms with Crippen LogP contribution in [0.3, 0.4) is 0 Å². The highest BCUT2D eigenvalue weighted by atomic mass is 79.9. The molecule has 0 saturated carbocycles. The van der Waals surface area contributed by atoms with Crippen molar-refractivity contribution < 1.29 is 19.4 Å². The Morgan fingerprint density at radius 2 is 2.08 bits per heavy atom. The predicted molar refractivity (Wildman–Crippen MR) is 46.7 cm³/mol. The molecule has 0 radical (unpaired) electrons. The average molecular weight is 249 g/mol. The first-order valence-electron chi connectivity index (χ1n) is 3.38. The zero-order valence-electron chi connectivity index (χ0n) is 6.37. The maximum Gasteiger partial charge on any atom is 0.219 e. The minimum atomic E-state index is -2.07. The van der Waals surface area contributed by atoms with Gasteiger partial charge in [0.05, 0.1) is 0 Å². The Balaban J connectivity index is 3.09. The molecule has 5 heteroatoms. The van der Waals surface area contributed by atoms with Gasteiger partial charge >= 0.3 is 0 Å². The zero-order valence-corrected chi connectivity index (χ0v) is 7.95. The first-order valence-corrected chi connectivity index (χ1v) is 4.17. The van der Waals surface area contributed by atoms with E-state index in [9.17, 15) is 9.18 Å². The third-order valence-electron chi connectivity index (χ3n) is 1.43. The molecule has 70 valence electrons. The molecule has 0 aliphatic carbocycles. The lowest BCUT2D eigenvalue weighted by Gasteiger charge is -2.04. The molecule has 0 heterocycles. The molecule has 0 aliphatic heterocycles. The van der Waals surface area contributed by atoms with Crippen LogP contribution in [-0.4, -0.2) is 22.3 Å². The average Bonchev–Trinajstić information content (AvgIpc) is 2.03. The molecule has 3 nitrogen and oxygen atoms in total. The predicted octanol–water partition coefficient (Wildman–Crippen LogP) is 1.08. The molecular weight excluding hydrogens is 243 g/mol. The van der Waals surface area contributed by atoms with Gasteiger partial charge in [0.25, 0.3) is 0 Å². The van der Waals surface area contributed by atoms with Gasteiger partial charge in [-0.1, -0.05) is 0 Å². The lowest BCUT2D eigenvalue weighted by molar-refractivity contribution is -0.0195. The highest BCUT2D eigenvalue weighted by Gasteiger charge is 2.16. The number of halogens is 2. The maximum absolute atomic E-state index is 12.5. The highest BCUT2D eigenvalue weighted by molar-refractivity contribution is 9.10. The first-order chi connectivity index (χ1) is 6.02. The van der Waals surface area contributed by atoms with E-state index in [1.165, 1.54) is 6.07 Å². The van der Waals surface area contributed by atoms with Crippen molar-refractivity contribution in [3.05, 3.63) is 34.1 Å². The van der Waals surface area contributed by atoms with E-state index < -0.39 is 17.9 Å². The Morgan fingerprint density at radius 1 is 1.46 bits per heavy atom. The lowest BCUT2D eigenvalue weighted by atomic mass is 10.1. The van der Waals surface area contributed by atoms with Crippen LogP contribution in [0.2, 0.25) is 0 Å². The molecule has 0 atom stereocenters. The summed E-state index contributed by atoms with van der Waals surface area (Å²) in [6.07, 6.45) is -2.07. The number of carbonyl (C=O) groups is 1. The monoisotopic (exact) mass is 248 g/mol. The molecule has 0 amide bonds. The summed E-state index contributed by atoms with van der Waals surface area (Å²) in [5, 5.41) is 17.1. The molecule has 0 fully saturated rings. The Hall–Kier alpha value is -0.780. The van der Waals surface area contributed by atoms with Crippen LogP contribution in [-0.2, 0) is 0 Å². The fraction of sp³-hybridized carbons (Fsp3) is 0.125. The molecule has 1 rings (SSSR count). The van der Waals surface area contributed by atoms with E-state index in [2.05, 4.69) is 15.9 Å². The Labute approximate surface area is 81.9 Å². The molecule has 0 unspecified atom stereocenters. The Bertz CT molecular complexity index is 338. The minimum Gasteiger partial charge on any atom is -0.362 e. The van der Waals surface area contributed by atoms with E-state index >= 15 is 0 Å². The van der Waals surface area contributed by atoms with E-state index in [4.69, 9.17) is 10.2 Å². The van der Waals surface area contributed by atoms with Gasteiger partial charge in [0, 0.05) is 10.0 Å². The number of rotatable bonds is 2. The maximum atomic E-state index is 12.5. The molecule has 1 aromatic rings. The molecule has 1 aromatic carbocycles. The summed E-state index contributed by atoms with van der Waals surface area (Å²) in [7, 11) is 0. The van der Waals surface area contributed by atoms with Gasteiger partial charge in [-0.05, 0) is 34.1 Å². The normalized spacial score (nSPS) is 10.5. The van der Waals surface area contributed by atoms with Crippen LogP contribution in [0.4, 0.5) is 4.39 Å². The number of hydrogen-bond acceptors (Lipinski definition) is 3. The van der Waals surface area contributed by atoms with Crippen molar-refractivity contribution in [2.45, 2.75) is 6.29 Å². The van der Waals surface area contributed by atoms with Crippen LogP contribution in [0.25, 0.3) is 0 Å². The van der Waals surface area contributed by atoms with Crippen molar-refractivity contribution >= 4 is 21.7 Å². The van der Waals surface area contributed by atoms with Gasteiger partial charge < -0.3 is 10.2 Å². The van der Waals surface area contributed by atoms with Crippen LogP contribution in [0.5, 0.6) is 0 Å². The number of benzene rings is 1. The molecule has 13 heavy (non-hydrogen) atoms. The molecular formula is C8H6BrFO3. The fourth-order valence-corrected chi connectivity index (χ4v) is 1.37. The number of hydrogen-bond donors (Lipinski definition) is 2. The SMILES string of the molecule is O=C(c1ccc(F)cc1Br)C(O)O. The number of aliphatic hydroxyl groups excluding tert-OH is 1. The molecule has 0 spiro atoms. The van der Waals surface area contributed by atoms with Gasteiger partial charge in [-0.25, -0.2) is 4.39 Å². The second-order valence-corrected chi connectivity index (χ2v) is 3.22. The smallest absolute Gasteiger partial charge is 0.219 e. The molecule has 2 N–H and O–H groups in total. The van der Waals surface area contributed by atoms with Gasteiger partial charge in [0.15, 0.2) is 0 Å². The van der Waals surface area contributed by atoms with Crippen molar-refractivity contribution in [3.8, 4) is 0 Å². The van der Waals surface area contributed by atoms with Crippen molar-refractivity contribution in [2.24, 2.45) is 0 Å².